The Morgan fingerprint density at radius 2 is 1.52 bits per heavy atom. The van der Waals surface area contributed by atoms with E-state index in [9.17, 15) is 12.8 Å². The van der Waals surface area contributed by atoms with Gasteiger partial charge in [0.2, 0.25) is 10.0 Å². The van der Waals surface area contributed by atoms with Crippen LogP contribution in [0.15, 0.2) is 17.0 Å². The summed E-state index contributed by atoms with van der Waals surface area (Å²) in [5.41, 5.74) is 0.623. The molecule has 1 aromatic carbocycles. The summed E-state index contributed by atoms with van der Waals surface area (Å²) in [4.78, 5) is 0.0415. The van der Waals surface area contributed by atoms with Gasteiger partial charge in [0.25, 0.3) is 0 Å². The summed E-state index contributed by atoms with van der Waals surface area (Å²) >= 11 is 0. The maximum Gasteiger partial charge on any atom is 0.243 e. The Morgan fingerprint density at radius 3 is 1.90 bits per heavy atom. The van der Waals surface area contributed by atoms with Crippen LogP contribution in [0.5, 0.6) is 0 Å². The second kappa shape index (κ2) is 7.16. The highest BCUT2D eigenvalue weighted by Crippen LogP contribution is 2.25. The molecule has 1 rings (SSSR count). The van der Waals surface area contributed by atoms with E-state index in [0.29, 0.717) is 11.1 Å². The normalized spacial score (nSPS) is 11.1. The number of halogens is 1. The van der Waals surface area contributed by atoms with Crippen LogP contribution in [-0.4, -0.2) is 25.8 Å². The first-order chi connectivity index (χ1) is 9.84. The van der Waals surface area contributed by atoms with Gasteiger partial charge in [-0.2, -0.15) is 14.8 Å². The summed E-state index contributed by atoms with van der Waals surface area (Å²) in [7, 11) is -3.86. The molecule has 7 heteroatoms. The fourth-order valence-electron chi connectivity index (χ4n) is 2.13. The van der Waals surface area contributed by atoms with Gasteiger partial charge in [-0.05, 0) is 37.1 Å². The third-order valence-electron chi connectivity index (χ3n) is 2.97. The predicted octanol–water partition coefficient (Wildman–Crippen LogP) is 2.26. The molecule has 0 N–H and O–H groups in total. The summed E-state index contributed by atoms with van der Waals surface area (Å²) in [5.74, 6) is -0.496. The van der Waals surface area contributed by atoms with Crippen LogP contribution >= 0.6 is 0 Å². The summed E-state index contributed by atoms with van der Waals surface area (Å²) in [6.07, 6.45) is 0.0634. The molecule has 112 valence electrons. The standard InChI is InChI=1S/C14H16FN3O2S/c1-11-9-13(15)10-12(2)14(11)21(19,20)18(7-3-5-16)8-4-6-17/h9-10H,3-4,7-8H2,1-2H3. The lowest BCUT2D eigenvalue weighted by Crippen LogP contribution is -2.33. The molecular formula is C14H16FN3O2S. The highest BCUT2D eigenvalue weighted by atomic mass is 32.2. The van der Waals surface area contributed by atoms with Crippen LogP contribution in [0.2, 0.25) is 0 Å². The number of hydrogen-bond donors (Lipinski definition) is 0. The molecule has 0 heterocycles. The monoisotopic (exact) mass is 309 g/mol. The smallest absolute Gasteiger partial charge is 0.207 e. The third kappa shape index (κ3) is 4.01. The van der Waals surface area contributed by atoms with E-state index in [2.05, 4.69) is 0 Å². The van der Waals surface area contributed by atoms with Gasteiger partial charge in [-0.3, -0.25) is 0 Å². The zero-order chi connectivity index (χ0) is 16.0. The molecule has 1 aromatic rings. The van der Waals surface area contributed by atoms with Crippen LogP contribution in [0.3, 0.4) is 0 Å². The van der Waals surface area contributed by atoms with Gasteiger partial charge in [-0.1, -0.05) is 0 Å². The van der Waals surface area contributed by atoms with Crippen molar-refractivity contribution in [3.05, 3.63) is 29.1 Å². The van der Waals surface area contributed by atoms with Crippen LogP contribution in [0.1, 0.15) is 24.0 Å². The minimum Gasteiger partial charge on any atom is -0.207 e. The second-order valence-corrected chi connectivity index (χ2v) is 6.46. The largest absolute Gasteiger partial charge is 0.243 e. The van der Waals surface area contributed by atoms with E-state index in [0.717, 1.165) is 16.4 Å². The number of aryl methyl sites for hydroxylation is 2. The number of rotatable bonds is 6. The Kier molecular flexibility index (Phi) is 5.83. The Balaban J connectivity index is 3.29. The van der Waals surface area contributed by atoms with Crippen molar-refractivity contribution in [2.24, 2.45) is 0 Å². The van der Waals surface area contributed by atoms with Gasteiger partial charge >= 0.3 is 0 Å². The molecule has 0 aromatic heterocycles. The summed E-state index contributed by atoms with van der Waals surface area (Å²) in [6.45, 7) is 3.07. The number of sulfonamides is 1. The quantitative estimate of drug-likeness (QED) is 0.806. The zero-order valence-corrected chi connectivity index (χ0v) is 12.7. The SMILES string of the molecule is Cc1cc(F)cc(C)c1S(=O)(=O)N(CCC#N)CCC#N. The maximum absolute atomic E-state index is 13.3. The van der Waals surface area contributed by atoms with E-state index in [1.54, 1.807) is 0 Å². The van der Waals surface area contributed by atoms with Crippen molar-refractivity contribution in [2.75, 3.05) is 13.1 Å². The highest BCUT2D eigenvalue weighted by Gasteiger charge is 2.27. The first-order valence-electron chi connectivity index (χ1n) is 6.35. The van der Waals surface area contributed by atoms with Gasteiger partial charge in [-0.15, -0.1) is 0 Å². The fraction of sp³-hybridized carbons (Fsp3) is 0.429. The van der Waals surface area contributed by atoms with Gasteiger partial charge in [0.1, 0.15) is 5.82 Å². The molecule has 0 bridgehead atoms. The van der Waals surface area contributed by atoms with E-state index in [4.69, 9.17) is 10.5 Å². The topological polar surface area (TPSA) is 85.0 Å². The van der Waals surface area contributed by atoms with Crippen molar-refractivity contribution in [1.82, 2.24) is 4.31 Å². The Morgan fingerprint density at radius 1 is 1.10 bits per heavy atom. The average Bonchev–Trinajstić information content (AvgIpc) is 2.36. The van der Waals surface area contributed by atoms with Gasteiger partial charge in [0.05, 0.1) is 17.0 Å². The molecule has 0 unspecified atom stereocenters. The van der Waals surface area contributed by atoms with Gasteiger partial charge in [0.15, 0.2) is 0 Å². The first kappa shape index (κ1) is 17.1. The van der Waals surface area contributed by atoms with Crippen molar-refractivity contribution in [1.29, 1.82) is 10.5 Å². The molecule has 0 amide bonds. The van der Waals surface area contributed by atoms with E-state index < -0.39 is 15.8 Å². The lowest BCUT2D eigenvalue weighted by atomic mass is 10.1. The van der Waals surface area contributed by atoms with Crippen LogP contribution < -0.4 is 0 Å². The molecule has 0 atom stereocenters. The molecule has 0 saturated carbocycles. The molecule has 0 fully saturated rings. The maximum atomic E-state index is 13.3. The number of hydrogen-bond acceptors (Lipinski definition) is 4. The van der Waals surface area contributed by atoms with E-state index >= 15 is 0 Å². The zero-order valence-electron chi connectivity index (χ0n) is 11.9. The first-order valence-corrected chi connectivity index (χ1v) is 7.79. The van der Waals surface area contributed by atoms with Crippen molar-refractivity contribution >= 4 is 10.0 Å². The molecule has 0 aliphatic rings. The second-order valence-electron chi connectivity index (χ2n) is 4.59. The van der Waals surface area contributed by atoms with Crippen molar-refractivity contribution in [3.8, 4) is 12.1 Å². The summed E-state index contributed by atoms with van der Waals surface area (Å²) in [5, 5.41) is 17.3. The van der Waals surface area contributed by atoms with Gasteiger partial charge < -0.3 is 0 Å². The average molecular weight is 309 g/mol. The van der Waals surface area contributed by atoms with Gasteiger partial charge in [-0.25, -0.2) is 12.8 Å². The number of nitriles is 2. The molecule has 0 radical (unpaired) electrons. The lowest BCUT2D eigenvalue weighted by molar-refractivity contribution is 0.424. The van der Waals surface area contributed by atoms with Crippen molar-refractivity contribution < 1.29 is 12.8 Å². The minimum atomic E-state index is -3.86. The molecule has 21 heavy (non-hydrogen) atoms. The summed E-state index contributed by atoms with van der Waals surface area (Å²) < 4.78 is 39.8. The third-order valence-corrected chi connectivity index (χ3v) is 5.17. The number of nitrogens with zero attached hydrogens (tertiary/aromatic N) is 3. The van der Waals surface area contributed by atoms with E-state index in [-0.39, 0.29) is 30.8 Å². The molecular weight excluding hydrogens is 293 g/mol. The lowest BCUT2D eigenvalue weighted by Gasteiger charge is -2.22. The Hall–Kier alpha value is -1.96. The van der Waals surface area contributed by atoms with Crippen LogP contribution in [0, 0.1) is 42.3 Å². The predicted molar refractivity (Wildman–Crippen MR) is 75.1 cm³/mol. The summed E-state index contributed by atoms with van der Waals surface area (Å²) in [6, 6.07) is 6.09. The molecule has 0 spiro atoms. The number of benzene rings is 1. The molecule has 0 saturated heterocycles. The van der Waals surface area contributed by atoms with Crippen molar-refractivity contribution in [3.63, 3.8) is 0 Å². The van der Waals surface area contributed by atoms with E-state index in [1.807, 2.05) is 12.1 Å². The highest BCUT2D eigenvalue weighted by molar-refractivity contribution is 7.89. The van der Waals surface area contributed by atoms with Crippen LogP contribution in [0.4, 0.5) is 4.39 Å². The molecule has 5 nitrogen and oxygen atoms in total. The fourth-order valence-corrected chi connectivity index (χ4v) is 3.99. The minimum absolute atomic E-state index is 0.0107. The Labute approximate surface area is 124 Å². The van der Waals surface area contributed by atoms with Gasteiger partial charge in [0, 0.05) is 25.9 Å². The Bertz CT molecular complexity index is 661. The van der Waals surface area contributed by atoms with Crippen LogP contribution in [-0.2, 0) is 10.0 Å². The van der Waals surface area contributed by atoms with E-state index in [1.165, 1.54) is 13.8 Å². The molecule has 0 aliphatic heterocycles. The van der Waals surface area contributed by atoms with Crippen molar-refractivity contribution in [2.45, 2.75) is 31.6 Å². The van der Waals surface area contributed by atoms with Crippen LogP contribution in [0.25, 0.3) is 0 Å². The molecule has 0 aliphatic carbocycles.